The monoisotopic (exact) mass is 384 g/mol. The minimum atomic E-state index is -2.46. The molecular weight excluding hydrogens is 356 g/mol. The van der Waals surface area contributed by atoms with Gasteiger partial charge in [-0.3, -0.25) is 19.2 Å². The molecule has 0 aliphatic rings. The molecule has 0 unspecified atom stereocenters. The third-order valence-electron chi connectivity index (χ3n) is 5.16. The van der Waals surface area contributed by atoms with Gasteiger partial charge < -0.3 is 20.4 Å². The molecule has 152 valence electrons. The summed E-state index contributed by atoms with van der Waals surface area (Å²) < 4.78 is 0. The van der Waals surface area contributed by atoms with Gasteiger partial charge in [0.05, 0.1) is 0 Å². The largest absolute Gasteiger partial charge is 0.480 e. The van der Waals surface area contributed by atoms with Crippen LogP contribution in [0.3, 0.4) is 0 Å². The van der Waals surface area contributed by atoms with Gasteiger partial charge in [0.25, 0.3) is 0 Å². The SMILES string of the molecule is CC=CCC(=C(C)C(C(=O)O)(C(=O)O)C(C)C)C(C(=O)O)(C(=O)O)C(C)C. The van der Waals surface area contributed by atoms with E-state index in [9.17, 15) is 39.6 Å². The first-order valence-electron chi connectivity index (χ1n) is 8.52. The Kier molecular flexibility index (Phi) is 7.97. The van der Waals surface area contributed by atoms with Crippen LogP contribution in [-0.4, -0.2) is 44.3 Å². The second-order valence-electron chi connectivity index (χ2n) is 7.02. The van der Waals surface area contributed by atoms with Crippen molar-refractivity contribution in [2.24, 2.45) is 22.7 Å². The molecule has 0 radical (unpaired) electrons. The number of hydrogen-bond acceptors (Lipinski definition) is 4. The molecule has 0 spiro atoms. The molecule has 8 nitrogen and oxygen atoms in total. The Balaban J connectivity index is 7.54. The maximum absolute atomic E-state index is 12.1. The van der Waals surface area contributed by atoms with Crippen LogP contribution in [0.15, 0.2) is 23.3 Å². The third-order valence-corrected chi connectivity index (χ3v) is 5.16. The van der Waals surface area contributed by atoms with Crippen LogP contribution >= 0.6 is 0 Å². The smallest absolute Gasteiger partial charge is 0.325 e. The molecule has 0 aliphatic heterocycles. The zero-order valence-corrected chi connectivity index (χ0v) is 16.4. The van der Waals surface area contributed by atoms with Gasteiger partial charge in [0.15, 0.2) is 10.8 Å². The molecule has 8 heteroatoms. The van der Waals surface area contributed by atoms with Crippen LogP contribution in [0.5, 0.6) is 0 Å². The zero-order valence-electron chi connectivity index (χ0n) is 16.4. The highest BCUT2D eigenvalue weighted by Crippen LogP contribution is 2.47. The van der Waals surface area contributed by atoms with Gasteiger partial charge in [-0.15, -0.1) is 0 Å². The summed E-state index contributed by atoms with van der Waals surface area (Å²) in [6.45, 7) is 8.39. The molecule has 0 saturated heterocycles. The Labute approximate surface area is 158 Å². The number of carbonyl (C=O) groups is 4. The lowest BCUT2D eigenvalue weighted by molar-refractivity contribution is -0.169. The van der Waals surface area contributed by atoms with Crippen LogP contribution in [-0.2, 0) is 19.2 Å². The highest BCUT2D eigenvalue weighted by atomic mass is 16.4. The molecule has 0 atom stereocenters. The Morgan fingerprint density at radius 1 is 0.778 bits per heavy atom. The number of allylic oxidation sites excluding steroid dienone is 2. The summed E-state index contributed by atoms with van der Waals surface area (Å²) in [6, 6.07) is 0. The topological polar surface area (TPSA) is 149 Å². The van der Waals surface area contributed by atoms with Crippen molar-refractivity contribution in [3.8, 4) is 0 Å². The van der Waals surface area contributed by atoms with Crippen molar-refractivity contribution < 1.29 is 39.6 Å². The Bertz CT molecular complexity index is 654. The second-order valence-corrected chi connectivity index (χ2v) is 7.02. The van der Waals surface area contributed by atoms with E-state index in [4.69, 9.17) is 0 Å². The molecule has 0 aromatic heterocycles. The van der Waals surface area contributed by atoms with Crippen molar-refractivity contribution in [3.63, 3.8) is 0 Å². The van der Waals surface area contributed by atoms with Crippen LogP contribution in [0.1, 0.15) is 48.0 Å². The first kappa shape index (κ1) is 24.4. The van der Waals surface area contributed by atoms with E-state index in [0.29, 0.717) is 0 Å². The minimum Gasteiger partial charge on any atom is -0.480 e. The van der Waals surface area contributed by atoms with Crippen molar-refractivity contribution in [2.45, 2.75) is 48.0 Å². The van der Waals surface area contributed by atoms with Gasteiger partial charge in [-0.2, -0.15) is 0 Å². The maximum Gasteiger partial charge on any atom is 0.325 e. The number of rotatable bonds is 10. The van der Waals surface area contributed by atoms with Crippen LogP contribution < -0.4 is 0 Å². The Hall–Kier alpha value is -2.64. The molecule has 0 bridgehead atoms. The lowest BCUT2D eigenvalue weighted by atomic mass is 9.62. The second kappa shape index (κ2) is 8.83. The number of aliphatic carboxylic acids is 4. The number of carboxylic acids is 4. The summed E-state index contributed by atoms with van der Waals surface area (Å²) >= 11 is 0. The van der Waals surface area contributed by atoms with Gasteiger partial charge in [0, 0.05) is 0 Å². The van der Waals surface area contributed by atoms with E-state index in [0.717, 1.165) is 0 Å². The van der Waals surface area contributed by atoms with Crippen molar-refractivity contribution in [1.82, 2.24) is 0 Å². The van der Waals surface area contributed by atoms with Crippen molar-refractivity contribution in [2.75, 3.05) is 0 Å². The molecular formula is C19H28O8. The summed E-state index contributed by atoms with van der Waals surface area (Å²) in [5, 5.41) is 39.2. The van der Waals surface area contributed by atoms with Crippen LogP contribution in [0.25, 0.3) is 0 Å². The fourth-order valence-corrected chi connectivity index (χ4v) is 3.61. The molecule has 0 aromatic carbocycles. The molecule has 0 saturated carbocycles. The number of hydrogen-bond donors (Lipinski definition) is 4. The average molecular weight is 384 g/mol. The highest BCUT2D eigenvalue weighted by Gasteiger charge is 2.58. The lowest BCUT2D eigenvalue weighted by Gasteiger charge is -2.38. The Morgan fingerprint density at radius 3 is 1.33 bits per heavy atom. The first-order chi connectivity index (χ1) is 12.3. The van der Waals surface area contributed by atoms with E-state index in [1.165, 1.54) is 40.7 Å². The lowest BCUT2D eigenvalue weighted by Crippen LogP contribution is -2.50. The zero-order chi connectivity index (χ0) is 21.7. The van der Waals surface area contributed by atoms with Crippen molar-refractivity contribution >= 4 is 23.9 Å². The normalized spacial score (nSPS) is 13.8. The summed E-state index contributed by atoms with van der Waals surface area (Å²) in [5.41, 5.74) is -5.44. The first-order valence-corrected chi connectivity index (χ1v) is 8.52. The molecule has 0 aromatic rings. The van der Waals surface area contributed by atoms with E-state index in [2.05, 4.69) is 0 Å². The van der Waals surface area contributed by atoms with Gasteiger partial charge in [0.1, 0.15) is 0 Å². The molecule has 0 fully saturated rings. The van der Waals surface area contributed by atoms with E-state index in [1.54, 1.807) is 13.0 Å². The van der Waals surface area contributed by atoms with Gasteiger partial charge in [-0.1, -0.05) is 39.8 Å². The summed E-state index contributed by atoms with van der Waals surface area (Å²) in [5.74, 6) is -8.60. The molecule has 27 heavy (non-hydrogen) atoms. The summed E-state index contributed by atoms with van der Waals surface area (Å²) in [6.07, 6.45) is 2.84. The molecule has 0 rings (SSSR count). The standard InChI is InChI=1S/C19H28O8/c1-7-8-9-13(19(11(4)5,16(24)25)17(26)27)12(6)18(10(2)3,14(20)21)15(22)23/h7-8,10-11H,9H2,1-6H3,(H,20,21)(H,22,23)(H,24,25)(H,26,27). The quantitative estimate of drug-likeness (QED) is 0.332. The predicted octanol–water partition coefficient (Wildman–Crippen LogP) is 2.89. The van der Waals surface area contributed by atoms with E-state index in [-0.39, 0.29) is 17.6 Å². The summed E-state index contributed by atoms with van der Waals surface area (Å²) in [7, 11) is 0. The minimum absolute atomic E-state index is 0.200. The van der Waals surface area contributed by atoms with Gasteiger partial charge in [-0.05, 0) is 43.3 Å². The maximum atomic E-state index is 12.1. The van der Waals surface area contributed by atoms with E-state index < -0.39 is 46.5 Å². The predicted molar refractivity (Wildman–Crippen MR) is 97.2 cm³/mol. The summed E-state index contributed by atoms with van der Waals surface area (Å²) in [4.78, 5) is 48.3. The van der Waals surface area contributed by atoms with E-state index >= 15 is 0 Å². The third kappa shape index (κ3) is 3.74. The number of carboxylic acid groups (broad SMARTS) is 4. The Morgan fingerprint density at radius 2 is 1.11 bits per heavy atom. The van der Waals surface area contributed by atoms with Crippen molar-refractivity contribution in [3.05, 3.63) is 23.3 Å². The fourth-order valence-electron chi connectivity index (χ4n) is 3.61. The van der Waals surface area contributed by atoms with Crippen LogP contribution in [0.2, 0.25) is 0 Å². The molecule has 0 amide bonds. The molecule has 0 aliphatic carbocycles. The average Bonchev–Trinajstić information content (AvgIpc) is 2.49. The van der Waals surface area contributed by atoms with Crippen LogP contribution in [0.4, 0.5) is 0 Å². The van der Waals surface area contributed by atoms with Gasteiger partial charge >= 0.3 is 23.9 Å². The highest BCUT2D eigenvalue weighted by molar-refractivity contribution is 6.05. The van der Waals surface area contributed by atoms with E-state index in [1.807, 2.05) is 0 Å². The molecule has 0 heterocycles. The van der Waals surface area contributed by atoms with Gasteiger partial charge in [-0.25, -0.2) is 0 Å². The van der Waals surface area contributed by atoms with Gasteiger partial charge in [0.2, 0.25) is 0 Å². The van der Waals surface area contributed by atoms with Crippen molar-refractivity contribution in [1.29, 1.82) is 0 Å². The van der Waals surface area contributed by atoms with Crippen LogP contribution in [0, 0.1) is 22.7 Å². The fraction of sp³-hybridized carbons (Fsp3) is 0.579. The molecule has 4 N–H and O–H groups in total.